The maximum Gasteiger partial charge on any atom is 2.00 e. The van der Waals surface area contributed by atoms with Crippen molar-refractivity contribution < 1.29 is 29.0 Å². The number of fused-ring (bicyclic) bond motifs is 1. The molecule has 1 fully saturated rings. The molecule has 1 heterocycles. The number of nitrogens with zero attached hydrogens (tertiary/aromatic N) is 1. The first kappa shape index (κ1) is 36.0. The van der Waals surface area contributed by atoms with Gasteiger partial charge in [-0.1, -0.05) is 61.4 Å². The van der Waals surface area contributed by atoms with Gasteiger partial charge in [0.25, 0.3) is 0 Å². The molecule has 10 heteroatoms. The molecule has 2 aromatic carbocycles. The molecule has 2 atom stereocenters. The average Bonchev–Trinajstić information content (AvgIpc) is 3.38. The zero-order valence-corrected chi connectivity index (χ0v) is 28.4. The Hall–Kier alpha value is -1.16. The van der Waals surface area contributed by atoms with Gasteiger partial charge in [0.05, 0.1) is 17.9 Å². The van der Waals surface area contributed by atoms with Crippen LogP contribution in [0.15, 0.2) is 54.6 Å². The molecule has 0 saturated heterocycles. The molecule has 1 unspecified atom stereocenters. The van der Waals surface area contributed by atoms with Crippen LogP contribution in [0.25, 0.3) is 0 Å². The van der Waals surface area contributed by atoms with Gasteiger partial charge >= 0.3 is 87.4 Å². The second-order valence-electron chi connectivity index (χ2n) is 10.7. The van der Waals surface area contributed by atoms with Crippen LogP contribution in [-0.2, 0) is 36.8 Å². The van der Waals surface area contributed by atoms with Crippen LogP contribution in [0.1, 0.15) is 63.0 Å². The van der Waals surface area contributed by atoms with Gasteiger partial charge in [0.2, 0.25) is 11.8 Å². The third-order valence-corrected chi connectivity index (χ3v) is 8.07. The Bertz CT molecular complexity index is 1190. The first-order chi connectivity index (χ1) is 18.8. The van der Waals surface area contributed by atoms with E-state index in [4.69, 9.17) is 4.74 Å². The summed E-state index contributed by atoms with van der Waals surface area (Å²) < 4.78 is 5.41. The van der Waals surface area contributed by atoms with Crippen LogP contribution in [0.5, 0.6) is 0 Å². The summed E-state index contributed by atoms with van der Waals surface area (Å²) in [5, 5.41) is 12.5. The fraction of sp³-hybridized carbons (Fsp3) is 0.484. The third kappa shape index (κ3) is 9.41. The van der Waals surface area contributed by atoms with E-state index < -0.39 is 35.8 Å². The number of anilines is 1. The molecule has 0 spiro atoms. The second-order valence-corrected chi connectivity index (χ2v) is 10.7. The van der Waals surface area contributed by atoms with Crippen molar-refractivity contribution in [2.45, 2.75) is 70.8 Å². The van der Waals surface area contributed by atoms with E-state index in [1.165, 1.54) is 4.90 Å². The number of carbonyl (C=O) groups is 4. The molecule has 2 aliphatic rings. The molecule has 8 nitrogen and oxygen atoms in total. The number of hydrogen-bond acceptors (Lipinski definition) is 5. The summed E-state index contributed by atoms with van der Waals surface area (Å²) in [5.74, 6) is -2.50. The molecular weight excluding hydrogens is 577 g/mol. The van der Waals surface area contributed by atoms with Gasteiger partial charge in [-0.15, -0.1) is 0 Å². The van der Waals surface area contributed by atoms with Crippen molar-refractivity contribution in [3.63, 3.8) is 0 Å². The summed E-state index contributed by atoms with van der Waals surface area (Å²) in [5.41, 5.74) is 1.80. The number of benzene rings is 2. The van der Waals surface area contributed by atoms with Gasteiger partial charge in [-0.25, -0.2) is 0 Å². The number of nitrogens with one attached hydrogen (secondary N) is 1. The standard InChI is InChI=1S/C31H38N2O6.2Ca/c1-2-39-29(37)24(15-14-22-10-4-3-5-11-22)20-31(18-8-9-19-31)30(38)32-25-17-16-23-12-6-7-13-26(23)33(28(25)36)21-27(34)35;;/h3-7,10-13,24-25H,2,8-9,14-21H2,1H3,(H,32,38)(H,34,35);;/q;2*+2/t24-,25?;;/m1../s1. The van der Waals surface area contributed by atoms with E-state index in [9.17, 15) is 24.3 Å². The number of ether oxygens (including phenoxy) is 1. The van der Waals surface area contributed by atoms with E-state index in [1.807, 2.05) is 42.5 Å². The molecule has 1 aliphatic carbocycles. The fourth-order valence-corrected chi connectivity index (χ4v) is 6.06. The van der Waals surface area contributed by atoms with Gasteiger partial charge < -0.3 is 15.2 Å². The van der Waals surface area contributed by atoms with E-state index >= 15 is 0 Å². The van der Waals surface area contributed by atoms with Gasteiger partial charge in [-0.05, 0) is 69.1 Å². The van der Waals surface area contributed by atoms with Crippen LogP contribution >= 0.6 is 0 Å². The predicted molar refractivity (Wildman–Crippen MR) is 159 cm³/mol. The number of rotatable bonds is 11. The van der Waals surface area contributed by atoms with Gasteiger partial charge in [0.1, 0.15) is 12.6 Å². The number of esters is 1. The van der Waals surface area contributed by atoms with Crippen molar-refractivity contribution in [1.82, 2.24) is 5.32 Å². The molecular formula is C31H38Ca2N2O6+4. The molecule has 41 heavy (non-hydrogen) atoms. The summed E-state index contributed by atoms with van der Waals surface area (Å²) in [6, 6.07) is 16.4. The molecule has 208 valence electrons. The Labute approximate surface area is 302 Å². The normalized spacial score (nSPS) is 18.1. The van der Waals surface area contributed by atoms with E-state index in [1.54, 1.807) is 19.1 Å². The van der Waals surface area contributed by atoms with E-state index in [-0.39, 0.29) is 94.0 Å². The Morgan fingerprint density at radius 3 is 2.37 bits per heavy atom. The topological polar surface area (TPSA) is 113 Å². The molecule has 2 aromatic rings. The molecule has 0 radical (unpaired) electrons. The monoisotopic (exact) mass is 614 g/mol. The van der Waals surface area contributed by atoms with Crippen LogP contribution in [-0.4, -0.2) is 124 Å². The van der Waals surface area contributed by atoms with E-state index in [2.05, 4.69) is 5.32 Å². The molecule has 1 saturated carbocycles. The minimum absolute atomic E-state index is 0. The molecule has 0 aromatic heterocycles. The molecule has 0 bridgehead atoms. The van der Waals surface area contributed by atoms with Crippen LogP contribution in [0.4, 0.5) is 5.69 Å². The maximum atomic E-state index is 13.9. The predicted octanol–water partition coefficient (Wildman–Crippen LogP) is 3.54. The summed E-state index contributed by atoms with van der Waals surface area (Å²) in [7, 11) is 0. The van der Waals surface area contributed by atoms with Crippen LogP contribution in [0.3, 0.4) is 0 Å². The van der Waals surface area contributed by atoms with E-state index in [0.29, 0.717) is 50.6 Å². The van der Waals surface area contributed by atoms with Gasteiger partial charge in [0.15, 0.2) is 0 Å². The summed E-state index contributed by atoms with van der Waals surface area (Å²) in [6.45, 7) is 1.58. The Balaban J connectivity index is 0.00000294. The quantitative estimate of drug-likeness (QED) is 0.296. The van der Waals surface area contributed by atoms with Crippen molar-refractivity contribution in [3.05, 3.63) is 65.7 Å². The minimum Gasteiger partial charge on any atom is -0.480 e. The van der Waals surface area contributed by atoms with Gasteiger partial charge in [-0.3, -0.25) is 24.1 Å². The van der Waals surface area contributed by atoms with Crippen molar-refractivity contribution in [2.24, 2.45) is 11.3 Å². The van der Waals surface area contributed by atoms with E-state index in [0.717, 1.165) is 24.0 Å². The summed E-state index contributed by atoms with van der Waals surface area (Å²) in [6.07, 6.45) is 5.58. The zero-order chi connectivity index (χ0) is 27.8. The van der Waals surface area contributed by atoms with Crippen molar-refractivity contribution in [3.8, 4) is 0 Å². The number of carbonyl (C=O) groups excluding carboxylic acids is 3. The third-order valence-electron chi connectivity index (χ3n) is 8.07. The van der Waals surface area contributed by atoms with Crippen LogP contribution < -0.4 is 10.2 Å². The number of para-hydroxylation sites is 1. The first-order valence-electron chi connectivity index (χ1n) is 14.0. The fourth-order valence-electron chi connectivity index (χ4n) is 6.06. The van der Waals surface area contributed by atoms with Crippen LogP contribution in [0.2, 0.25) is 0 Å². The first-order valence-corrected chi connectivity index (χ1v) is 14.0. The number of carboxylic acids is 1. The minimum atomic E-state index is -1.12. The van der Waals surface area contributed by atoms with Crippen molar-refractivity contribution >= 4 is 105 Å². The second kappa shape index (κ2) is 17.2. The van der Waals surface area contributed by atoms with Crippen LogP contribution in [0, 0.1) is 11.3 Å². The Morgan fingerprint density at radius 1 is 1.05 bits per heavy atom. The number of carboxylic acid groups (broad SMARTS) is 1. The number of aryl methyl sites for hydroxylation is 2. The molecule has 2 amide bonds. The SMILES string of the molecule is CCOC(=O)[C@H](CCc1ccccc1)CC1(C(=O)NC2CCc3ccccc3N(CC(=O)O)C2=O)CCCC1.[Ca+2].[Ca+2]. The molecule has 4 rings (SSSR count). The van der Waals surface area contributed by atoms with Gasteiger partial charge in [0, 0.05) is 5.69 Å². The Kier molecular flexibility index (Phi) is 15.1. The smallest absolute Gasteiger partial charge is 0.480 e. The van der Waals surface area contributed by atoms with Crippen molar-refractivity contribution in [2.75, 3.05) is 18.1 Å². The zero-order valence-electron chi connectivity index (χ0n) is 24.0. The Morgan fingerprint density at radius 2 is 1.71 bits per heavy atom. The number of aliphatic carboxylic acids is 1. The maximum absolute atomic E-state index is 13.9. The summed E-state index contributed by atoms with van der Waals surface area (Å²) >= 11 is 0. The largest absolute Gasteiger partial charge is 2.00 e. The number of amides is 2. The van der Waals surface area contributed by atoms with Crippen molar-refractivity contribution in [1.29, 1.82) is 0 Å². The molecule has 1 aliphatic heterocycles. The van der Waals surface area contributed by atoms with Gasteiger partial charge in [-0.2, -0.15) is 0 Å². The molecule has 2 N–H and O–H groups in total. The number of hydrogen-bond donors (Lipinski definition) is 2. The summed E-state index contributed by atoms with van der Waals surface area (Å²) in [4.78, 5) is 53.4. The average molecular weight is 615 g/mol.